The summed E-state index contributed by atoms with van der Waals surface area (Å²) >= 11 is 3.53. The number of nitrogen functional groups attached to an aromatic ring is 1. The Morgan fingerprint density at radius 1 is 0.947 bits per heavy atom. The van der Waals surface area contributed by atoms with E-state index in [0.29, 0.717) is 5.82 Å². The van der Waals surface area contributed by atoms with Crippen LogP contribution in [0.15, 0.2) is 65.1 Å². The van der Waals surface area contributed by atoms with Gasteiger partial charge in [0.2, 0.25) is 0 Å². The van der Waals surface area contributed by atoms with E-state index in [4.69, 9.17) is 5.73 Å². The van der Waals surface area contributed by atoms with Crippen molar-refractivity contribution in [2.75, 3.05) is 5.73 Å². The highest BCUT2D eigenvalue weighted by Gasteiger charge is 2.10. The number of halogens is 1. The molecule has 0 amide bonds. The first-order valence-corrected chi connectivity index (χ1v) is 6.71. The molecular weight excluding hydrogens is 302 g/mol. The van der Waals surface area contributed by atoms with Crippen molar-refractivity contribution in [1.82, 2.24) is 9.78 Å². The molecule has 0 bridgehead atoms. The summed E-state index contributed by atoms with van der Waals surface area (Å²) in [6.07, 6.45) is 0. The molecule has 0 radical (unpaired) electrons. The zero-order valence-corrected chi connectivity index (χ0v) is 11.7. The fraction of sp³-hybridized carbons (Fsp3) is 0. The Morgan fingerprint density at radius 3 is 2.37 bits per heavy atom. The van der Waals surface area contributed by atoms with E-state index in [1.54, 1.807) is 4.68 Å². The highest BCUT2D eigenvalue weighted by Crippen LogP contribution is 2.29. The van der Waals surface area contributed by atoms with Crippen LogP contribution in [0.5, 0.6) is 0 Å². The Morgan fingerprint density at radius 2 is 1.63 bits per heavy atom. The molecule has 2 aromatic carbocycles. The summed E-state index contributed by atoms with van der Waals surface area (Å²) in [4.78, 5) is 0. The van der Waals surface area contributed by atoms with Gasteiger partial charge in [-0.25, -0.2) is 4.68 Å². The number of hydrogen-bond donors (Lipinski definition) is 1. The number of hydrogen-bond acceptors (Lipinski definition) is 2. The normalized spacial score (nSPS) is 10.6. The molecule has 19 heavy (non-hydrogen) atoms. The third kappa shape index (κ3) is 2.27. The van der Waals surface area contributed by atoms with Crippen LogP contribution in [0.1, 0.15) is 0 Å². The fourth-order valence-corrected chi connectivity index (χ4v) is 2.46. The van der Waals surface area contributed by atoms with Crippen LogP contribution in [0.25, 0.3) is 16.9 Å². The molecule has 0 saturated carbocycles. The van der Waals surface area contributed by atoms with Crippen molar-refractivity contribution in [2.45, 2.75) is 0 Å². The topological polar surface area (TPSA) is 43.8 Å². The van der Waals surface area contributed by atoms with Gasteiger partial charge in [0.05, 0.1) is 11.4 Å². The van der Waals surface area contributed by atoms with Gasteiger partial charge in [0.25, 0.3) is 0 Å². The zero-order chi connectivity index (χ0) is 13.2. The second-order valence-corrected chi connectivity index (χ2v) is 5.04. The summed E-state index contributed by atoms with van der Waals surface area (Å²) < 4.78 is 2.75. The maximum Gasteiger partial charge on any atom is 0.127 e. The SMILES string of the molecule is Nc1cc(-c2ccccc2Br)nn1-c1ccccc1. The van der Waals surface area contributed by atoms with Crippen molar-refractivity contribution in [2.24, 2.45) is 0 Å². The highest BCUT2D eigenvalue weighted by molar-refractivity contribution is 9.10. The molecule has 2 N–H and O–H groups in total. The minimum Gasteiger partial charge on any atom is -0.384 e. The standard InChI is InChI=1S/C15H12BrN3/c16-13-9-5-4-8-12(13)14-10-15(17)19(18-14)11-6-2-1-3-7-11/h1-10H,17H2. The minimum absolute atomic E-state index is 0.622. The summed E-state index contributed by atoms with van der Waals surface area (Å²) in [5, 5.41) is 4.57. The van der Waals surface area contributed by atoms with E-state index in [2.05, 4.69) is 21.0 Å². The lowest BCUT2D eigenvalue weighted by Gasteiger charge is -2.03. The number of benzene rings is 2. The molecule has 3 aromatic rings. The summed E-state index contributed by atoms with van der Waals surface area (Å²) in [6, 6.07) is 19.7. The van der Waals surface area contributed by atoms with Crippen LogP contribution in [0, 0.1) is 0 Å². The Kier molecular flexibility index (Phi) is 3.09. The van der Waals surface area contributed by atoms with Crippen LogP contribution in [-0.2, 0) is 0 Å². The van der Waals surface area contributed by atoms with Gasteiger partial charge in [-0.2, -0.15) is 5.10 Å². The predicted molar refractivity (Wildman–Crippen MR) is 81.1 cm³/mol. The van der Waals surface area contributed by atoms with Gasteiger partial charge < -0.3 is 5.73 Å². The Labute approximate surface area is 119 Å². The van der Waals surface area contributed by atoms with Gasteiger partial charge in [0.15, 0.2) is 0 Å². The number of rotatable bonds is 2. The van der Waals surface area contributed by atoms with E-state index < -0.39 is 0 Å². The van der Waals surface area contributed by atoms with E-state index >= 15 is 0 Å². The van der Waals surface area contributed by atoms with E-state index in [-0.39, 0.29) is 0 Å². The summed E-state index contributed by atoms with van der Waals surface area (Å²) in [5.41, 5.74) is 8.89. The van der Waals surface area contributed by atoms with Crippen molar-refractivity contribution < 1.29 is 0 Å². The third-order valence-corrected chi connectivity index (χ3v) is 3.58. The van der Waals surface area contributed by atoms with Crippen LogP contribution in [0.2, 0.25) is 0 Å². The summed E-state index contributed by atoms with van der Waals surface area (Å²) in [5.74, 6) is 0.622. The Bertz CT molecular complexity index is 704. The smallest absolute Gasteiger partial charge is 0.127 e. The molecule has 1 aromatic heterocycles. The highest BCUT2D eigenvalue weighted by atomic mass is 79.9. The van der Waals surface area contributed by atoms with Crippen LogP contribution in [0.3, 0.4) is 0 Å². The lowest BCUT2D eigenvalue weighted by Crippen LogP contribution is -2.01. The molecule has 0 atom stereocenters. The Balaban J connectivity index is 2.10. The first kappa shape index (κ1) is 12.0. The van der Waals surface area contributed by atoms with Crippen molar-refractivity contribution in [3.63, 3.8) is 0 Å². The van der Waals surface area contributed by atoms with Gasteiger partial charge in [0.1, 0.15) is 5.82 Å². The molecule has 0 saturated heterocycles. The molecule has 0 unspecified atom stereocenters. The van der Waals surface area contributed by atoms with E-state index in [1.165, 1.54) is 0 Å². The predicted octanol–water partition coefficient (Wildman–Crippen LogP) is 3.88. The number of anilines is 1. The first-order chi connectivity index (χ1) is 9.25. The molecule has 3 nitrogen and oxygen atoms in total. The molecule has 1 heterocycles. The maximum atomic E-state index is 6.05. The van der Waals surface area contributed by atoms with Crippen LogP contribution < -0.4 is 5.73 Å². The van der Waals surface area contributed by atoms with Crippen molar-refractivity contribution in [3.8, 4) is 16.9 Å². The van der Waals surface area contributed by atoms with Gasteiger partial charge in [-0.15, -0.1) is 0 Å². The largest absolute Gasteiger partial charge is 0.384 e. The van der Waals surface area contributed by atoms with E-state index in [1.807, 2.05) is 60.7 Å². The minimum atomic E-state index is 0.622. The van der Waals surface area contributed by atoms with Gasteiger partial charge in [-0.3, -0.25) is 0 Å². The summed E-state index contributed by atoms with van der Waals surface area (Å²) in [7, 11) is 0. The molecular formula is C15H12BrN3. The zero-order valence-electron chi connectivity index (χ0n) is 10.1. The van der Waals surface area contributed by atoms with Gasteiger partial charge in [0, 0.05) is 16.1 Å². The molecule has 0 spiro atoms. The number of aromatic nitrogens is 2. The van der Waals surface area contributed by atoms with Crippen molar-refractivity contribution >= 4 is 21.7 Å². The average molecular weight is 314 g/mol. The maximum absolute atomic E-state index is 6.05. The van der Waals surface area contributed by atoms with Gasteiger partial charge >= 0.3 is 0 Å². The van der Waals surface area contributed by atoms with Gasteiger partial charge in [-0.1, -0.05) is 52.3 Å². The quantitative estimate of drug-likeness (QED) is 0.780. The molecule has 3 rings (SSSR count). The molecule has 4 heteroatoms. The van der Waals surface area contributed by atoms with E-state index in [0.717, 1.165) is 21.4 Å². The van der Waals surface area contributed by atoms with Crippen LogP contribution in [-0.4, -0.2) is 9.78 Å². The second kappa shape index (κ2) is 4.90. The molecule has 0 aliphatic carbocycles. The Hall–Kier alpha value is -2.07. The van der Waals surface area contributed by atoms with E-state index in [9.17, 15) is 0 Å². The molecule has 0 fully saturated rings. The second-order valence-electron chi connectivity index (χ2n) is 4.18. The lowest BCUT2D eigenvalue weighted by atomic mass is 10.1. The van der Waals surface area contributed by atoms with Crippen molar-refractivity contribution in [3.05, 3.63) is 65.1 Å². The lowest BCUT2D eigenvalue weighted by molar-refractivity contribution is 0.895. The molecule has 0 aliphatic rings. The van der Waals surface area contributed by atoms with Gasteiger partial charge in [-0.05, 0) is 18.2 Å². The third-order valence-electron chi connectivity index (χ3n) is 2.89. The first-order valence-electron chi connectivity index (χ1n) is 5.91. The average Bonchev–Trinajstić information content (AvgIpc) is 2.82. The molecule has 0 aliphatic heterocycles. The molecule has 94 valence electrons. The number of para-hydroxylation sites is 1. The number of nitrogens with two attached hydrogens (primary N) is 1. The number of nitrogens with zero attached hydrogens (tertiary/aromatic N) is 2. The monoisotopic (exact) mass is 313 g/mol. The fourth-order valence-electron chi connectivity index (χ4n) is 1.97. The van der Waals surface area contributed by atoms with Crippen LogP contribution >= 0.6 is 15.9 Å². The van der Waals surface area contributed by atoms with Crippen LogP contribution in [0.4, 0.5) is 5.82 Å². The summed E-state index contributed by atoms with van der Waals surface area (Å²) in [6.45, 7) is 0. The van der Waals surface area contributed by atoms with Crippen molar-refractivity contribution in [1.29, 1.82) is 0 Å².